The maximum absolute atomic E-state index is 12.7. The average Bonchev–Trinajstić information content (AvgIpc) is 2.78. The summed E-state index contributed by atoms with van der Waals surface area (Å²) in [5, 5.41) is 11.0. The van der Waals surface area contributed by atoms with E-state index in [1.54, 1.807) is 12.1 Å². The van der Waals surface area contributed by atoms with E-state index in [1.807, 2.05) is 24.1 Å². The number of rotatable bonds is 7. The van der Waals surface area contributed by atoms with Crippen molar-refractivity contribution in [2.75, 3.05) is 45.2 Å². The van der Waals surface area contributed by atoms with Crippen LogP contribution < -0.4 is 4.90 Å². The fraction of sp³-hybridized carbons (Fsp3) is 0.458. The number of ether oxygens (including phenoxy) is 1. The molecule has 1 aliphatic heterocycles. The van der Waals surface area contributed by atoms with Crippen LogP contribution in [0.25, 0.3) is 0 Å². The number of aliphatic hydroxyl groups is 1. The molecule has 32 heavy (non-hydrogen) atoms. The molecule has 8 heteroatoms. The summed E-state index contributed by atoms with van der Waals surface area (Å²) < 4.78 is 42.7. The Balaban J connectivity index is 1.47. The molecule has 0 aliphatic carbocycles. The maximum atomic E-state index is 12.7. The zero-order valence-electron chi connectivity index (χ0n) is 18.4. The van der Waals surface area contributed by atoms with E-state index in [4.69, 9.17) is 4.74 Å². The summed E-state index contributed by atoms with van der Waals surface area (Å²) in [6.45, 7) is 2.67. The number of nitrogens with zero attached hydrogens (tertiary/aromatic N) is 2. The smallest absolute Gasteiger partial charge is 0.416 e. The van der Waals surface area contributed by atoms with Crippen LogP contribution in [0.2, 0.25) is 0 Å². The van der Waals surface area contributed by atoms with Crippen molar-refractivity contribution < 1.29 is 27.8 Å². The Labute approximate surface area is 186 Å². The number of methoxy groups -OCH3 is 1. The fourth-order valence-corrected chi connectivity index (χ4v) is 4.00. The van der Waals surface area contributed by atoms with Crippen LogP contribution in [0.3, 0.4) is 0 Å². The van der Waals surface area contributed by atoms with Crippen LogP contribution in [0.15, 0.2) is 48.5 Å². The molecule has 2 aromatic rings. The van der Waals surface area contributed by atoms with Crippen LogP contribution in [0, 0.1) is 0 Å². The number of hydrogen-bond acceptors (Lipinski definition) is 5. The van der Waals surface area contributed by atoms with Crippen LogP contribution in [-0.2, 0) is 17.3 Å². The van der Waals surface area contributed by atoms with Gasteiger partial charge in [0.05, 0.1) is 23.8 Å². The third kappa shape index (κ3) is 6.23. The molecule has 1 aliphatic rings. The maximum Gasteiger partial charge on any atom is 0.416 e. The van der Waals surface area contributed by atoms with Crippen molar-refractivity contribution in [3.8, 4) is 0 Å². The predicted molar refractivity (Wildman–Crippen MR) is 117 cm³/mol. The molecule has 5 nitrogen and oxygen atoms in total. The van der Waals surface area contributed by atoms with Crippen molar-refractivity contribution in [2.45, 2.75) is 31.0 Å². The lowest BCUT2D eigenvalue weighted by Gasteiger charge is -2.40. The summed E-state index contributed by atoms with van der Waals surface area (Å²) >= 11 is 0. The molecular weight excluding hydrogens is 421 g/mol. The van der Waals surface area contributed by atoms with E-state index in [9.17, 15) is 23.1 Å². The van der Waals surface area contributed by atoms with Crippen LogP contribution >= 0.6 is 0 Å². The van der Waals surface area contributed by atoms with Crippen LogP contribution in [0.1, 0.15) is 34.3 Å². The van der Waals surface area contributed by atoms with E-state index in [-0.39, 0.29) is 5.97 Å². The summed E-state index contributed by atoms with van der Waals surface area (Å²) in [6.07, 6.45) is -2.41. The second kappa shape index (κ2) is 9.92. The van der Waals surface area contributed by atoms with E-state index in [2.05, 4.69) is 4.90 Å². The second-order valence-corrected chi connectivity index (χ2v) is 8.41. The SMILES string of the molecule is COC(=O)c1ccc(N(C)CC2(O)CCN(CCc3ccc(C(F)(F)F)cc3)CC2)cc1. The van der Waals surface area contributed by atoms with Crippen molar-refractivity contribution in [1.82, 2.24) is 4.90 Å². The van der Waals surface area contributed by atoms with Gasteiger partial charge in [-0.25, -0.2) is 4.79 Å². The summed E-state index contributed by atoms with van der Waals surface area (Å²) in [5.41, 5.74) is 0.795. The van der Waals surface area contributed by atoms with Gasteiger partial charge in [0.1, 0.15) is 0 Å². The van der Waals surface area contributed by atoms with E-state index in [0.29, 0.717) is 31.4 Å². The van der Waals surface area contributed by atoms with Gasteiger partial charge >= 0.3 is 12.1 Å². The molecule has 0 amide bonds. The highest BCUT2D eigenvalue weighted by atomic mass is 19.4. The van der Waals surface area contributed by atoms with Gasteiger partial charge in [-0.05, 0) is 61.2 Å². The minimum atomic E-state index is -4.31. The van der Waals surface area contributed by atoms with Gasteiger partial charge in [0.25, 0.3) is 0 Å². The Bertz CT molecular complexity index is 890. The first-order chi connectivity index (χ1) is 15.1. The molecular formula is C24H29F3N2O3. The number of halogens is 3. The number of carbonyl (C=O) groups is 1. The Kier molecular flexibility index (Phi) is 7.46. The Morgan fingerprint density at radius 2 is 1.69 bits per heavy atom. The topological polar surface area (TPSA) is 53.0 Å². The summed E-state index contributed by atoms with van der Waals surface area (Å²) in [4.78, 5) is 15.8. The van der Waals surface area contributed by atoms with Gasteiger partial charge in [0.15, 0.2) is 0 Å². The number of likely N-dealkylation sites (tertiary alicyclic amines) is 1. The molecule has 0 atom stereocenters. The zero-order chi connectivity index (χ0) is 23.4. The fourth-order valence-electron chi connectivity index (χ4n) is 4.00. The zero-order valence-corrected chi connectivity index (χ0v) is 18.4. The highest BCUT2D eigenvalue weighted by Crippen LogP contribution is 2.29. The number of hydrogen-bond donors (Lipinski definition) is 1. The summed E-state index contributed by atoms with van der Waals surface area (Å²) in [7, 11) is 3.25. The van der Waals surface area contributed by atoms with Crippen molar-refractivity contribution in [3.05, 3.63) is 65.2 Å². The molecule has 3 rings (SSSR count). The van der Waals surface area contributed by atoms with Gasteiger partial charge in [-0.1, -0.05) is 12.1 Å². The van der Waals surface area contributed by atoms with Crippen molar-refractivity contribution in [1.29, 1.82) is 0 Å². The van der Waals surface area contributed by atoms with Gasteiger partial charge in [-0.2, -0.15) is 13.2 Å². The average molecular weight is 451 g/mol. The third-order valence-electron chi connectivity index (χ3n) is 6.05. The monoisotopic (exact) mass is 450 g/mol. The number of carbonyl (C=O) groups excluding carboxylic acids is 1. The second-order valence-electron chi connectivity index (χ2n) is 8.41. The third-order valence-corrected chi connectivity index (χ3v) is 6.05. The molecule has 0 aromatic heterocycles. The number of alkyl halides is 3. The highest BCUT2D eigenvalue weighted by molar-refractivity contribution is 5.89. The summed E-state index contributed by atoms with van der Waals surface area (Å²) in [5.74, 6) is -0.388. The van der Waals surface area contributed by atoms with Crippen LogP contribution in [-0.4, -0.2) is 61.9 Å². The summed E-state index contributed by atoms with van der Waals surface area (Å²) in [6, 6.07) is 12.4. The molecule has 0 unspecified atom stereocenters. The largest absolute Gasteiger partial charge is 0.465 e. The molecule has 1 N–H and O–H groups in total. The number of anilines is 1. The minimum Gasteiger partial charge on any atom is -0.465 e. The minimum absolute atomic E-state index is 0.388. The Morgan fingerprint density at radius 1 is 1.09 bits per heavy atom. The lowest BCUT2D eigenvalue weighted by Crippen LogP contribution is -2.50. The molecule has 0 radical (unpaired) electrons. The molecule has 1 heterocycles. The van der Waals surface area contributed by atoms with Crippen molar-refractivity contribution >= 4 is 11.7 Å². The molecule has 2 aromatic carbocycles. The van der Waals surface area contributed by atoms with Crippen molar-refractivity contribution in [3.63, 3.8) is 0 Å². The van der Waals surface area contributed by atoms with Gasteiger partial charge in [0, 0.05) is 38.9 Å². The van der Waals surface area contributed by atoms with Crippen molar-refractivity contribution in [2.24, 2.45) is 0 Å². The van der Waals surface area contributed by atoms with E-state index >= 15 is 0 Å². The number of benzene rings is 2. The predicted octanol–water partition coefficient (Wildman–Crippen LogP) is 4.00. The normalized spacial score (nSPS) is 16.6. The van der Waals surface area contributed by atoms with Gasteiger partial charge in [-0.3, -0.25) is 0 Å². The van der Waals surface area contributed by atoms with E-state index < -0.39 is 17.3 Å². The molecule has 174 valence electrons. The van der Waals surface area contributed by atoms with Gasteiger partial charge in [0.2, 0.25) is 0 Å². The van der Waals surface area contributed by atoms with E-state index in [1.165, 1.54) is 19.2 Å². The molecule has 0 saturated carbocycles. The van der Waals surface area contributed by atoms with Crippen LogP contribution in [0.4, 0.5) is 18.9 Å². The first-order valence-electron chi connectivity index (χ1n) is 10.6. The molecule has 1 fully saturated rings. The van der Waals surface area contributed by atoms with Gasteiger partial charge in [-0.15, -0.1) is 0 Å². The number of esters is 1. The van der Waals surface area contributed by atoms with Gasteiger partial charge < -0.3 is 19.6 Å². The quantitative estimate of drug-likeness (QED) is 0.647. The lowest BCUT2D eigenvalue weighted by molar-refractivity contribution is -0.137. The van der Waals surface area contributed by atoms with E-state index in [0.717, 1.165) is 43.0 Å². The highest BCUT2D eigenvalue weighted by Gasteiger charge is 2.33. The number of likely N-dealkylation sites (N-methyl/N-ethyl adjacent to an activating group) is 1. The Hall–Kier alpha value is -2.58. The van der Waals surface area contributed by atoms with Crippen LogP contribution in [0.5, 0.6) is 0 Å². The molecule has 0 bridgehead atoms. The Morgan fingerprint density at radius 3 is 2.22 bits per heavy atom. The lowest BCUT2D eigenvalue weighted by atomic mass is 9.90. The number of piperidine rings is 1. The standard InChI is InChI=1S/C24H29F3N2O3/c1-28(21-9-5-19(6-10-21)22(30)32-2)17-23(31)12-15-29(16-13-23)14-11-18-3-7-20(8-4-18)24(25,26)27/h3-10,31H,11-17H2,1-2H3. The molecule has 1 saturated heterocycles. The first-order valence-corrected chi connectivity index (χ1v) is 10.6. The molecule has 0 spiro atoms. The first kappa shape index (κ1) is 24.1.